The third-order valence-electron chi connectivity index (χ3n) is 6.98. The molecule has 2 saturated heterocycles. The lowest BCUT2D eigenvalue weighted by Crippen LogP contribution is -2.53. The molecule has 5 heterocycles. The lowest BCUT2D eigenvalue weighted by atomic mass is 9.78. The molecule has 1 amide bonds. The predicted molar refractivity (Wildman–Crippen MR) is 110 cm³/mol. The van der Waals surface area contributed by atoms with Gasteiger partial charge in [-0.25, -0.2) is 13.8 Å². The van der Waals surface area contributed by atoms with E-state index in [1.807, 2.05) is 18.6 Å². The smallest absolute Gasteiger partial charge is 0.267 e. The second kappa shape index (κ2) is 7.55. The first-order valence-corrected chi connectivity index (χ1v) is 11.0. The van der Waals surface area contributed by atoms with E-state index in [1.165, 1.54) is 11.0 Å². The van der Waals surface area contributed by atoms with Crippen molar-refractivity contribution in [2.45, 2.75) is 50.7 Å². The zero-order chi connectivity index (χ0) is 21.8. The highest BCUT2D eigenvalue weighted by Crippen LogP contribution is 2.43. The van der Waals surface area contributed by atoms with Crippen LogP contribution in [0.1, 0.15) is 43.1 Å². The number of piperidine rings is 1. The highest BCUT2D eigenvalue weighted by atomic mass is 19.3. The normalized spacial score (nSPS) is 27.3. The summed E-state index contributed by atoms with van der Waals surface area (Å²) >= 11 is 0. The molecular formula is C22H27F2N5O2. The standard InChI is InChI=1S/C22H27F2N5O2/c1-2-27-14-25-9-17(27)12-26-10-15-8-16(11-26)20(29-18(15)4-3-5-19(29)30)21(31)28-7-6-22(23,24)13-28/h3-5,9,14-16,20H,2,6-8,10-13H2,1H3/t15-,16+,20+/m0/s1. The van der Waals surface area contributed by atoms with Crippen LogP contribution < -0.4 is 5.56 Å². The first-order valence-electron chi connectivity index (χ1n) is 11.0. The zero-order valence-corrected chi connectivity index (χ0v) is 17.6. The van der Waals surface area contributed by atoms with Crippen LogP contribution >= 0.6 is 0 Å². The Bertz CT molecular complexity index is 1050. The Morgan fingerprint density at radius 3 is 2.87 bits per heavy atom. The van der Waals surface area contributed by atoms with Gasteiger partial charge in [-0.2, -0.15) is 0 Å². The number of imidazole rings is 1. The van der Waals surface area contributed by atoms with Crippen LogP contribution in [0.15, 0.2) is 35.5 Å². The van der Waals surface area contributed by atoms with Gasteiger partial charge in [0.1, 0.15) is 6.04 Å². The molecule has 0 radical (unpaired) electrons. The van der Waals surface area contributed by atoms with Gasteiger partial charge in [-0.1, -0.05) is 6.07 Å². The number of carbonyl (C=O) groups is 1. The SMILES string of the molecule is CCn1cncc1CN1C[C@@H]2C[C@H](C1)[C@H](C(=O)N1CCC(F)(F)C1)n1c2cccc1=O. The highest BCUT2D eigenvalue weighted by Gasteiger charge is 2.48. The molecular weight excluding hydrogens is 404 g/mol. The van der Waals surface area contributed by atoms with Crippen LogP contribution in [0.2, 0.25) is 0 Å². The van der Waals surface area contributed by atoms with Gasteiger partial charge < -0.3 is 9.47 Å². The molecule has 0 saturated carbocycles. The second-order valence-electron chi connectivity index (χ2n) is 9.03. The van der Waals surface area contributed by atoms with Gasteiger partial charge in [-0.3, -0.25) is 19.1 Å². The molecule has 5 rings (SSSR count). The van der Waals surface area contributed by atoms with Gasteiger partial charge in [-0.15, -0.1) is 0 Å². The molecule has 0 aliphatic carbocycles. The van der Waals surface area contributed by atoms with Crippen molar-refractivity contribution in [3.8, 4) is 0 Å². The minimum absolute atomic E-state index is 0.0365. The number of pyridine rings is 1. The number of aryl methyl sites for hydroxylation is 1. The van der Waals surface area contributed by atoms with E-state index >= 15 is 0 Å². The highest BCUT2D eigenvalue weighted by molar-refractivity contribution is 5.81. The Morgan fingerprint density at radius 1 is 1.29 bits per heavy atom. The molecule has 0 spiro atoms. The second-order valence-corrected chi connectivity index (χ2v) is 9.03. The maximum Gasteiger partial charge on any atom is 0.267 e. The number of amides is 1. The van der Waals surface area contributed by atoms with E-state index in [-0.39, 0.29) is 36.3 Å². The van der Waals surface area contributed by atoms with E-state index < -0.39 is 18.5 Å². The van der Waals surface area contributed by atoms with Crippen LogP contribution in [-0.2, 0) is 17.9 Å². The number of hydrogen-bond donors (Lipinski definition) is 0. The van der Waals surface area contributed by atoms with Crippen LogP contribution in [0.25, 0.3) is 0 Å². The third-order valence-corrected chi connectivity index (χ3v) is 6.98. The van der Waals surface area contributed by atoms with Gasteiger partial charge >= 0.3 is 0 Å². The predicted octanol–water partition coefficient (Wildman–Crippen LogP) is 2.09. The molecule has 0 aromatic carbocycles. The van der Waals surface area contributed by atoms with E-state index in [0.717, 1.165) is 30.9 Å². The molecule has 7 nitrogen and oxygen atoms in total. The number of carbonyl (C=O) groups excluding carboxylic acids is 1. The minimum atomic E-state index is -2.85. The van der Waals surface area contributed by atoms with E-state index in [4.69, 9.17) is 0 Å². The van der Waals surface area contributed by atoms with Crippen LogP contribution in [-0.4, -0.2) is 61.9 Å². The summed E-state index contributed by atoms with van der Waals surface area (Å²) < 4.78 is 31.3. The Kier molecular flexibility index (Phi) is 4.96. The van der Waals surface area contributed by atoms with Gasteiger partial charge in [0, 0.05) is 68.9 Å². The first kappa shape index (κ1) is 20.4. The molecule has 2 aromatic heterocycles. The van der Waals surface area contributed by atoms with Crippen molar-refractivity contribution in [1.82, 2.24) is 23.9 Å². The Hall–Kier alpha value is -2.55. The third kappa shape index (κ3) is 3.58. The summed E-state index contributed by atoms with van der Waals surface area (Å²) in [5.41, 5.74) is 1.71. The van der Waals surface area contributed by atoms with Crippen molar-refractivity contribution in [2.24, 2.45) is 5.92 Å². The summed E-state index contributed by atoms with van der Waals surface area (Å²) in [6.07, 6.45) is 4.15. The lowest BCUT2D eigenvalue weighted by molar-refractivity contribution is -0.138. The zero-order valence-electron chi connectivity index (χ0n) is 17.6. The summed E-state index contributed by atoms with van der Waals surface area (Å²) in [6, 6.07) is 4.36. The molecule has 9 heteroatoms. The van der Waals surface area contributed by atoms with Gasteiger partial charge in [0.15, 0.2) is 0 Å². The van der Waals surface area contributed by atoms with Gasteiger partial charge in [0.25, 0.3) is 11.5 Å². The average Bonchev–Trinajstić information content (AvgIpc) is 3.34. The fourth-order valence-corrected chi connectivity index (χ4v) is 5.58. The number of nitrogens with zero attached hydrogens (tertiary/aromatic N) is 5. The number of rotatable bonds is 4. The molecule has 2 aromatic rings. The average molecular weight is 431 g/mol. The number of hydrogen-bond acceptors (Lipinski definition) is 4. The maximum atomic E-state index is 13.8. The molecule has 3 atom stereocenters. The monoisotopic (exact) mass is 431 g/mol. The quantitative estimate of drug-likeness (QED) is 0.744. The Morgan fingerprint density at radius 2 is 2.13 bits per heavy atom. The number of alkyl halides is 2. The number of aromatic nitrogens is 3. The van der Waals surface area contributed by atoms with Gasteiger partial charge in [-0.05, 0) is 19.4 Å². The molecule has 3 aliphatic heterocycles. The number of halogens is 2. The molecule has 31 heavy (non-hydrogen) atoms. The Balaban J connectivity index is 1.47. The summed E-state index contributed by atoms with van der Waals surface area (Å²) in [5.74, 6) is -3.16. The van der Waals surface area contributed by atoms with Crippen LogP contribution in [0.4, 0.5) is 8.78 Å². The molecule has 166 valence electrons. The van der Waals surface area contributed by atoms with Crippen molar-refractivity contribution >= 4 is 5.91 Å². The fourth-order valence-electron chi connectivity index (χ4n) is 5.58. The van der Waals surface area contributed by atoms with Crippen molar-refractivity contribution in [3.05, 3.63) is 52.5 Å². The summed E-state index contributed by atoms with van der Waals surface area (Å²) in [6.45, 7) is 4.52. The van der Waals surface area contributed by atoms with Crippen LogP contribution in [0.5, 0.6) is 0 Å². The van der Waals surface area contributed by atoms with Crippen molar-refractivity contribution in [3.63, 3.8) is 0 Å². The molecule has 0 N–H and O–H groups in total. The Labute approximate surface area is 179 Å². The molecule has 2 bridgehead atoms. The van der Waals surface area contributed by atoms with Crippen molar-refractivity contribution < 1.29 is 13.6 Å². The fraction of sp³-hybridized carbons (Fsp3) is 0.591. The number of likely N-dealkylation sites (tertiary alicyclic amines) is 2. The van der Waals surface area contributed by atoms with Crippen LogP contribution in [0.3, 0.4) is 0 Å². The molecule has 2 fully saturated rings. The summed E-state index contributed by atoms with van der Waals surface area (Å²) in [4.78, 5) is 34.0. The largest absolute Gasteiger partial charge is 0.335 e. The first-order chi connectivity index (χ1) is 14.9. The topological polar surface area (TPSA) is 63.4 Å². The van der Waals surface area contributed by atoms with Crippen LogP contribution in [0, 0.1) is 5.92 Å². The van der Waals surface area contributed by atoms with Crippen molar-refractivity contribution in [1.29, 1.82) is 0 Å². The van der Waals surface area contributed by atoms with E-state index in [2.05, 4.69) is 21.4 Å². The van der Waals surface area contributed by atoms with E-state index in [1.54, 1.807) is 10.6 Å². The van der Waals surface area contributed by atoms with Gasteiger partial charge in [0.2, 0.25) is 5.91 Å². The van der Waals surface area contributed by atoms with Gasteiger partial charge in [0.05, 0.1) is 18.6 Å². The molecule has 3 aliphatic rings. The summed E-state index contributed by atoms with van der Waals surface area (Å²) in [5, 5.41) is 0. The summed E-state index contributed by atoms with van der Waals surface area (Å²) in [7, 11) is 0. The maximum absolute atomic E-state index is 13.8. The van der Waals surface area contributed by atoms with E-state index in [0.29, 0.717) is 13.1 Å². The molecule has 0 unspecified atom stereocenters. The van der Waals surface area contributed by atoms with Crippen molar-refractivity contribution in [2.75, 3.05) is 26.2 Å². The lowest BCUT2D eigenvalue weighted by Gasteiger charge is -2.47. The van der Waals surface area contributed by atoms with E-state index in [9.17, 15) is 18.4 Å². The number of fused-ring (bicyclic) bond motifs is 4. The minimum Gasteiger partial charge on any atom is -0.335 e.